The Morgan fingerprint density at radius 2 is 2.30 bits per heavy atom. The number of carboxylic acids is 1. The minimum atomic E-state index is -0.715. The maximum atomic E-state index is 9.93. The van der Waals surface area contributed by atoms with Crippen molar-refractivity contribution < 1.29 is 62.7 Å². The normalized spacial score (nSPS) is 8.50. The Bertz CT molecular complexity index is 92.7. The third kappa shape index (κ3) is 11.8. The van der Waals surface area contributed by atoms with Crippen LogP contribution in [-0.2, 0) is 4.79 Å². The summed E-state index contributed by atoms with van der Waals surface area (Å²) >= 11 is 0. The molecular weight excluding hydrogens is 157 g/mol. The molecule has 56 valence electrons. The molecule has 2 N–H and O–H groups in total. The van der Waals surface area contributed by atoms with Crippen LogP contribution in [0.5, 0.6) is 0 Å². The van der Waals surface area contributed by atoms with E-state index < -0.39 is 5.97 Å². The molecule has 10 heavy (non-hydrogen) atoms. The average Bonchev–Trinajstić information content (AvgIpc) is 1.80. The second-order valence-corrected chi connectivity index (χ2v) is 1.85. The predicted octanol–water partition coefficient (Wildman–Crippen LogP) is -2.42. The fourth-order valence-electron chi connectivity index (χ4n) is 0.541. The minimum Gasteiger partial charge on any atom is -1.00 e. The van der Waals surface area contributed by atoms with Crippen LogP contribution in [0.15, 0.2) is 0 Å². The molecule has 0 aliphatic heterocycles. The van der Waals surface area contributed by atoms with Crippen LogP contribution in [0, 0.1) is 0 Å². The van der Waals surface area contributed by atoms with E-state index >= 15 is 0 Å². The summed E-state index contributed by atoms with van der Waals surface area (Å²) < 4.78 is 0. The molecule has 0 aromatic heterocycles. The molecule has 3 nitrogen and oxygen atoms in total. The number of nitrogens with one attached hydrogen (secondary N) is 1. The summed E-state index contributed by atoms with van der Waals surface area (Å²) in [6.45, 7) is 3.73. The topological polar surface area (TPSA) is 49.3 Å². The summed E-state index contributed by atoms with van der Waals surface area (Å²) in [6, 6.07) is 0. The first-order chi connectivity index (χ1) is 4.27. The van der Waals surface area contributed by atoms with Crippen LogP contribution in [-0.4, -0.2) is 24.2 Å². The third-order valence-corrected chi connectivity index (χ3v) is 0.994. The van der Waals surface area contributed by atoms with Gasteiger partial charge in [0.1, 0.15) is 0 Å². The van der Waals surface area contributed by atoms with Gasteiger partial charge in [0.05, 0.1) is 0 Å². The van der Waals surface area contributed by atoms with Crippen LogP contribution in [0.3, 0.4) is 0 Å². The van der Waals surface area contributed by atoms with Crippen molar-refractivity contribution in [1.29, 1.82) is 0 Å². The molecule has 0 spiro atoms. The van der Waals surface area contributed by atoms with E-state index in [9.17, 15) is 4.79 Å². The van der Waals surface area contributed by atoms with Crippen molar-refractivity contribution >= 4 is 5.97 Å². The van der Waals surface area contributed by atoms with E-state index in [0.29, 0.717) is 0 Å². The molecule has 0 unspecified atom stereocenters. The molecule has 4 heteroatoms. The van der Waals surface area contributed by atoms with Gasteiger partial charge in [-0.15, -0.1) is 0 Å². The van der Waals surface area contributed by atoms with E-state index in [-0.39, 0.29) is 59.2 Å². The van der Waals surface area contributed by atoms with Crippen molar-refractivity contribution in [2.24, 2.45) is 0 Å². The summed E-state index contributed by atoms with van der Waals surface area (Å²) in [6.07, 6.45) is 0.996. The third-order valence-electron chi connectivity index (χ3n) is 0.994. The van der Waals surface area contributed by atoms with Crippen LogP contribution in [0.2, 0.25) is 0 Å². The summed E-state index contributed by atoms with van der Waals surface area (Å²) in [7, 11) is 0. The molecule has 0 heterocycles. The molecule has 0 fully saturated rings. The van der Waals surface area contributed by atoms with Crippen LogP contribution in [0.1, 0.15) is 21.2 Å². The van der Waals surface area contributed by atoms with Gasteiger partial charge in [-0.05, 0) is 19.5 Å². The Hall–Kier alpha value is 1.07. The first kappa shape index (κ1) is 13.6. The number of hydrogen-bond acceptors (Lipinski definition) is 2. The van der Waals surface area contributed by atoms with Gasteiger partial charge in [0.25, 0.3) is 0 Å². The summed E-state index contributed by atoms with van der Waals surface area (Å²) in [5, 5.41) is 11.2. The Morgan fingerprint density at radius 1 is 1.70 bits per heavy atom. The van der Waals surface area contributed by atoms with E-state index in [0.717, 1.165) is 19.5 Å². The van der Waals surface area contributed by atoms with Crippen molar-refractivity contribution in [3.8, 4) is 0 Å². The summed E-state index contributed by atoms with van der Waals surface area (Å²) in [5.41, 5.74) is 0. The summed E-state index contributed by atoms with van der Waals surface area (Å²) in [4.78, 5) is 9.93. The number of rotatable bonds is 5. The van der Waals surface area contributed by atoms with E-state index in [1.807, 2.05) is 6.92 Å². The average molecular weight is 171 g/mol. The molecule has 0 saturated carbocycles. The molecule has 0 aliphatic rings. The Labute approximate surface area is 105 Å². The van der Waals surface area contributed by atoms with Crippen molar-refractivity contribution in [2.45, 2.75) is 19.8 Å². The van der Waals surface area contributed by atoms with Crippen molar-refractivity contribution in [3.63, 3.8) is 0 Å². The fourth-order valence-corrected chi connectivity index (χ4v) is 0.541. The molecule has 0 saturated heterocycles. The first-order valence-corrected chi connectivity index (χ1v) is 3.20. The standard InChI is InChI=1S/C6H13NO2.K.H/c1-2-7-5-3-4-6(8)9;;/h7H,2-5H2,1H3,(H,8,9);;/q;+1;-1. The van der Waals surface area contributed by atoms with Crippen LogP contribution < -0.4 is 56.7 Å². The molecular formula is C6H14KNO2. The van der Waals surface area contributed by atoms with Gasteiger partial charge in [-0.25, -0.2) is 0 Å². The minimum absolute atomic E-state index is 0. The molecule has 0 radical (unpaired) electrons. The number of carboxylic acid groups (broad SMARTS) is 1. The molecule has 0 atom stereocenters. The SMILES string of the molecule is CCNCCCC(=O)O.[H-].[K+]. The maximum absolute atomic E-state index is 9.93. The van der Waals surface area contributed by atoms with Crippen LogP contribution >= 0.6 is 0 Å². The number of carbonyl (C=O) groups is 1. The Balaban J connectivity index is -0.000000320. The smallest absolute Gasteiger partial charge is 1.00 e. The number of aliphatic carboxylic acids is 1. The van der Waals surface area contributed by atoms with Gasteiger partial charge < -0.3 is 11.8 Å². The Morgan fingerprint density at radius 3 is 2.70 bits per heavy atom. The van der Waals surface area contributed by atoms with Crippen molar-refractivity contribution in [1.82, 2.24) is 5.32 Å². The second-order valence-electron chi connectivity index (χ2n) is 1.85. The Kier molecular flexibility index (Phi) is 13.7. The second kappa shape index (κ2) is 10.1. The monoisotopic (exact) mass is 171 g/mol. The van der Waals surface area contributed by atoms with Gasteiger partial charge in [-0.3, -0.25) is 4.79 Å². The molecule has 0 rings (SSSR count). The molecule has 0 amide bonds. The summed E-state index contributed by atoms with van der Waals surface area (Å²) in [5.74, 6) is -0.715. The van der Waals surface area contributed by atoms with E-state index in [2.05, 4.69) is 5.32 Å². The van der Waals surface area contributed by atoms with Crippen molar-refractivity contribution in [3.05, 3.63) is 0 Å². The van der Waals surface area contributed by atoms with E-state index in [1.165, 1.54) is 0 Å². The molecule has 0 bridgehead atoms. The van der Waals surface area contributed by atoms with E-state index in [4.69, 9.17) is 5.11 Å². The fraction of sp³-hybridized carbons (Fsp3) is 0.833. The van der Waals surface area contributed by atoms with Gasteiger partial charge in [0.15, 0.2) is 0 Å². The zero-order valence-corrected chi connectivity index (χ0v) is 9.81. The van der Waals surface area contributed by atoms with Gasteiger partial charge in [0, 0.05) is 6.42 Å². The van der Waals surface area contributed by atoms with E-state index in [1.54, 1.807) is 0 Å². The van der Waals surface area contributed by atoms with Crippen LogP contribution in [0.4, 0.5) is 0 Å². The van der Waals surface area contributed by atoms with Crippen molar-refractivity contribution in [2.75, 3.05) is 13.1 Å². The first-order valence-electron chi connectivity index (χ1n) is 3.20. The van der Waals surface area contributed by atoms with Gasteiger partial charge in [-0.1, -0.05) is 6.92 Å². The molecule has 0 aromatic carbocycles. The zero-order chi connectivity index (χ0) is 7.11. The van der Waals surface area contributed by atoms with Crippen LogP contribution in [0.25, 0.3) is 0 Å². The van der Waals surface area contributed by atoms with Gasteiger partial charge in [0.2, 0.25) is 0 Å². The van der Waals surface area contributed by atoms with Gasteiger partial charge >= 0.3 is 57.4 Å². The zero-order valence-electron chi connectivity index (χ0n) is 7.68. The maximum Gasteiger partial charge on any atom is 1.00 e. The number of hydrogen-bond donors (Lipinski definition) is 2. The predicted molar refractivity (Wildman–Crippen MR) is 36.5 cm³/mol. The molecule has 0 aliphatic carbocycles. The van der Waals surface area contributed by atoms with Gasteiger partial charge in [-0.2, -0.15) is 0 Å². The quantitative estimate of drug-likeness (QED) is 0.357. The molecule has 0 aromatic rings. The largest absolute Gasteiger partial charge is 1.00 e.